The molecule has 1 atom stereocenters. The van der Waals surface area contributed by atoms with Crippen LogP contribution < -0.4 is 5.32 Å². The van der Waals surface area contributed by atoms with Crippen molar-refractivity contribution in [1.82, 2.24) is 14.9 Å². The van der Waals surface area contributed by atoms with Crippen molar-refractivity contribution in [2.24, 2.45) is 5.92 Å². The third-order valence-corrected chi connectivity index (χ3v) is 7.16. The van der Waals surface area contributed by atoms with E-state index in [0.29, 0.717) is 18.5 Å². The molecule has 1 heterocycles. The summed E-state index contributed by atoms with van der Waals surface area (Å²) in [6.45, 7) is 0.250. The Morgan fingerprint density at radius 3 is 1.97 bits per heavy atom. The van der Waals surface area contributed by atoms with Crippen LogP contribution in [0.15, 0.2) is 97.5 Å². The highest BCUT2D eigenvalue weighted by atomic mass is 16.5. The number of nitrogens with zero attached hydrogens (tertiary/aromatic N) is 2. The molecular formula is C32H31N3O4. The van der Waals surface area contributed by atoms with Gasteiger partial charge in [-0.05, 0) is 45.5 Å². The standard InChI is InChI=1S/C32H31N3O4/c1-39-21-35-20-33-19-27(35)18-30(32(37)38)34-31(36)26(16-24-12-6-10-22-8-2-4-14-28(22)24)17-25-13-7-11-23-9-3-5-15-29(23)25/h2-15,19-20,26,30H,16-18,21H2,1H3,(H,34,36)(H,37,38)/t30-/m0/s1. The maximum atomic E-state index is 13.9. The lowest BCUT2D eigenvalue weighted by Gasteiger charge is -2.22. The van der Waals surface area contributed by atoms with Gasteiger partial charge in [0.25, 0.3) is 0 Å². The first-order chi connectivity index (χ1) is 19.0. The Kier molecular flexibility index (Phi) is 7.99. The first kappa shape index (κ1) is 26.1. The maximum absolute atomic E-state index is 13.9. The molecule has 0 spiro atoms. The molecule has 5 aromatic rings. The zero-order valence-corrected chi connectivity index (χ0v) is 21.8. The van der Waals surface area contributed by atoms with Crippen molar-refractivity contribution < 1.29 is 19.4 Å². The molecule has 198 valence electrons. The van der Waals surface area contributed by atoms with Gasteiger partial charge in [0.1, 0.15) is 12.8 Å². The molecule has 1 aromatic heterocycles. The highest BCUT2D eigenvalue weighted by Crippen LogP contribution is 2.26. The van der Waals surface area contributed by atoms with Crippen molar-refractivity contribution in [2.45, 2.75) is 32.0 Å². The Labute approximate surface area is 227 Å². The second-order valence-electron chi connectivity index (χ2n) is 9.76. The Bertz CT molecular complexity index is 1520. The molecule has 5 rings (SSSR count). The molecule has 0 aliphatic rings. The summed E-state index contributed by atoms with van der Waals surface area (Å²) >= 11 is 0. The number of methoxy groups -OCH3 is 1. The van der Waals surface area contributed by atoms with Gasteiger partial charge in [-0.15, -0.1) is 0 Å². The van der Waals surface area contributed by atoms with Crippen molar-refractivity contribution in [1.29, 1.82) is 0 Å². The van der Waals surface area contributed by atoms with Crippen LogP contribution in [0, 0.1) is 5.92 Å². The molecule has 1 amide bonds. The monoisotopic (exact) mass is 521 g/mol. The van der Waals surface area contributed by atoms with Crippen LogP contribution in [0.25, 0.3) is 21.5 Å². The Hall–Kier alpha value is -4.49. The minimum Gasteiger partial charge on any atom is -0.480 e. The van der Waals surface area contributed by atoms with E-state index in [1.165, 1.54) is 0 Å². The van der Waals surface area contributed by atoms with Crippen molar-refractivity contribution in [2.75, 3.05) is 7.11 Å². The van der Waals surface area contributed by atoms with Crippen LogP contribution in [0.3, 0.4) is 0 Å². The van der Waals surface area contributed by atoms with Gasteiger partial charge in [0, 0.05) is 31.3 Å². The van der Waals surface area contributed by atoms with Gasteiger partial charge in [-0.2, -0.15) is 0 Å². The predicted octanol–water partition coefficient (Wildman–Crippen LogP) is 5.01. The van der Waals surface area contributed by atoms with Gasteiger partial charge in [0.2, 0.25) is 5.91 Å². The van der Waals surface area contributed by atoms with E-state index in [1.54, 1.807) is 24.2 Å². The topological polar surface area (TPSA) is 93.5 Å². The average Bonchev–Trinajstić information content (AvgIpc) is 3.39. The first-order valence-corrected chi connectivity index (χ1v) is 13.0. The second kappa shape index (κ2) is 11.9. The summed E-state index contributed by atoms with van der Waals surface area (Å²) in [5.41, 5.74) is 2.78. The van der Waals surface area contributed by atoms with Crippen LogP contribution in [0.2, 0.25) is 0 Å². The fourth-order valence-corrected chi connectivity index (χ4v) is 5.20. The molecule has 0 radical (unpaired) electrons. The Balaban J connectivity index is 1.46. The number of aromatic nitrogens is 2. The van der Waals surface area contributed by atoms with E-state index in [9.17, 15) is 14.7 Å². The molecule has 7 heteroatoms. The zero-order valence-electron chi connectivity index (χ0n) is 21.8. The number of aliphatic carboxylic acids is 1. The molecule has 7 nitrogen and oxygen atoms in total. The van der Waals surface area contributed by atoms with Gasteiger partial charge < -0.3 is 19.7 Å². The fraction of sp³-hybridized carbons (Fsp3) is 0.219. The molecule has 0 saturated carbocycles. The molecular weight excluding hydrogens is 490 g/mol. The van der Waals surface area contributed by atoms with Gasteiger partial charge in [-0.25, -0.2) is 9.78 Å². The van der Waals surface area contributed by atoms with Gasteiger partial charge in [-0.3, -0.25) is 4.79 Å². The number of fused-ring (bicyclic) bond motifs is 2. The number of benzene rings is 4. The van der Waals surface area contributed by atoms with E-state index in [-0.39, 0.29) is 19.1 Å². The van der Waals surface area contributed by atoms with Crippen molar-refractivity contribution >= 4 is 33.4 Å². The summed E-state index contributed by atoms with van der Waals surface area (Å²) in [4.78, 5) is 30.2. The normalized spacial score (nSPS) is 12.2. The van der Waals surface area contributed by atoms with E-state index >= 15 is 0 Å². The summed E-state index contributed by atoms with van der Waals surface area (Å²) in [5.74, 6) is -1.86. The van der Waals surface area contributed by atoms with Crippen LogP contribution in [0.1, 0.15) is 16.8 Å². The molecule has 2 N–H and O–H groups in total. The van der Waals surface area contributed by atoms with Crippen LogP contribution in [-0.2, 0) is 40.3 Å². The quantitative estimate of drug-likeness (QED) is 0.255. The summed E-state index contributed by atoms with van der Waals surface area (Å²) in [6.07, 6.45) is 4.24. The third-order valence-electron chi connectivity index (χ3n) is 7.16. The predicted molar refractivity (Wildman–Crippen MR) is 151 cm³/mol. The largest absolute Gasteiger partial charge is 0.480 e. The lowest BCUT2D eigenvalue weighted by atomic mass is 9.87. The number of carboxylic acids is 1. The molecule has 0 unspecified atom stereocenters. The van der Waals surface area contributed by atoms with Gasteiger partial charge in [0.15, 0.2) is 0 Å². The molecule has 0 saturated heterocycles. The molecule has 0 aliphatic carbocycles. The van der Waals surface area contributed by atoms with Gasteiger partial charge in [0.05, 0.1) is 6.33 Å². The lowest BCUT2D eigenvalue weighted by molar-refractivity contribution is -0.142. The van der Waals surface area contributed by atoms with E-state index in [2.05, 4.69) is 46.7 Å². The molecule has 39 heavy (non-hydrogen) atoms. The van der Waals surface area contributed by atoms with Gasteiger partial charge >= 0.3 is 5.97 Å². The van der Waals surface area contributed by atoms with E-state index in [1.807, 2.05) is 48.5 Å². The molecule has 4 aromatic carbocycles. The van der Waals surface area contributed by atoms with Crippen LogP contribution in [-0.4, -0.2) is 39.7 Å². The van der Waals surface area contributed by atoms with Gasteiger partial charge in [-0.1, -0.05) is 84.9 Å². The lowest BCUT2D eigenvalue weighted by Crippen LogP contribution is -2.46. The smallest absolute Gasteiger partial charge is 0.326 e. The molecule has 0 aliphatic heterocycles. The summed E-state index contributed by atoms with van der Waals surface area (Å²) in [6, 6.07) is 27.3. The number of carbonyl (C=O) groups is 2. The first-order valence-electron chi connectivity index (χ1n) is 13.0. The Morgan fingerprint density at radius 1 is 0.846 bits per heavy atom. The van der Waals surface area contributed by atoms with E-state index in [0.717, 1.165) is 32.7 Å². The van der Waals surface area contributed by atoms with Crippen LogP contribution in [0.4, 0.5) is 0 Å². The summed E-state index contributed by atoms with van der Waals surface area (Å²) in [5, 5.41) is 17.2. The SMILES string of the molecule is COCn1cncc1C[C@H](NC(=O)C(Cc1cccc2ccccc12)Cc1cccc2ccccc12)C(=O)O. The number of imidazole rings is 1. The van der Waals surface area contributed by atoms with E-state index in [4.69, 9.17) is 4.74 Å². The number of carbonyl (C=O) groups excluding carboxylic acids is 1. The number of amides is 1. The van der Waals surface area contributed by atoms with Crippen molar-refractivity contribution in [3.05, 3.63) is 114 Å². The number of rotatable bonds is 11. The average molecular weight is 522 g/mol. The Morgan fingerprint density at radius 2 is 1.41 bits per heavy atom. The van der Waals surface area contributed by atoms with Crippen molar-refractivity contribution in [3.8, 4) is 0 Å². The summed E-state index contributed by atoms with van der Waals surface area (Å²) in [7, 11) is 1.56. The minimum absolute atomic E-state index is 0.0969. The molecule has 0 fully saturated rings. The maximum Gasteiger partial charge on any atom is 0.326 e. The molecule has 0 bridgehead atoms. The van der Waals surface area contributed by atoms with Crippen LogP contribution in [0.5, 0.6) is 0 Å². The second-order valence-corrected chi connectivity index (χ2v) is 9.76. The number of hydrogen-bond donors (Lipinski definition) is 2. The van der Waals surface area contributed by atoms with Crippen molar-refractivity contribution in [3.63, 3.8) is 0 Å². The highest BCUT2D eigenvalue weighted by molar-refractivity contribution is 5.90. The number of carboxylic acid groups (broad SMARTS) is 1. The third kappa shape index (κ3) is 5.99. The number of ether oxygens (including phenoxy) is 1. The number of nitrogens with one attached hydrogen (secondary N) is 1. The zero-order chi connectivity index (χ0) is 27.2. The summed E-state index contributed by atoms with van der Waals surface area (Å²) < 4.78 is 6.91. The highest BCUT2D eigenvalue weighted by Gasteiger charge is 2.28. The minimum atomic E-state index is -1.10. The number of hydrogen-bond acceptors (Lipinski definition) is 4. The van der Waals surface area contributed by atoms with Crippen LogP contribution >= 0.6 is 0 Å². The van der Waals surface area contributed by atoms with E-state index < -0.39 is 17.9 Å². The fourth-order valence-electron chi connectivity index (χ4n) is 5.20.